The molecule has 1 aromatic heterocycles. The van der Waals surface area contributed by atoms with Crippen LogP contribution in [-0.4, -0.2) is 39.9 Å². The monoisotopic (exact) mass is 491 g/mol. The molecule has 176 valence electrons. The molecule has 0 radical (unpaired) electrons. The molecule has 7 nitrogen and oxygen atoms in total. The Morgan fingerprint density at radius 2 is 1.97 bits per heavy atom. The molecule has 33 heavy (non-hydrogen) atoms. The summed E-state index contributed by atoms with van der Waals surface area (Å²) in [7, 11) is 0. The molecule has 0 spiro atoms. The Morgan fingerprint density at radius 1 is 1.15 bits per heavy atom. The van der Waals surface area contributed by atoms with Gasteiger partial charge in [0.2, 0.25) is 0 Å². The summed E-state index contributed by atoms with van der Waals surface area (Å²) in [6.07, 6.45) is 4.64. The highest BCUT2D eigenvalue weighted by Crippen LogP contribution is 2.23. The number of nitrogens with two attached hydrogens (primary N) is 1. The SMILES string of the molecule is NC(=O)c1cn(C[C@@H](O)CCCc2ccccc2OCCOCc2ccc(Cl)c(Cl)c2)cn1. The maximum atomic E-state index is 11.1. The maximum Gasteiger partial charge on any atom is 0.268 e. The minimum atomic E-state index is -0.584. The summed E-state index contributed by atoms with van der Waals surface area (Å²) in [6, 6.07) is 13.3. The number of imidazole rings is 1. The van der Waals surface area contributed by atoms with Crippen LogP contribution in [0.2, 0.25) is 10.0 Å². The van der Waals surface area contributed by atoms with E-state index in [1.165, 1.54) is 12.5 Å². The Morgan fingerprint density at radius 3 is 2.73 bits per heavy atom. The van der Waals surface area contributed by atoms with Crippen molar-refractivity contribution in [2.75, 3.05) is 13.2 Å². The van der Waals surface area contributed by atoms with Crippen molar-refractivity contribution in [1.82, 2.24) is 9.55 Å². The molecule has 0 unspecified atom stereocenters. The summed E-state index contributed by atoms with van der Waals surface area (Å²) in [5, 5.41) is 11.3. The number of carbonyl (C=O) groups excluding carboxylic acids is 1. The second-order valence-corrected chi connectivity index (χ2v) is 8.44. The smallest absolute Gasteiger partial charge is 0.268 e. The van der Waals surface area contributed by atoms with Crippen LogP contribution in [0.5, 0.6) is 5.75 Å². The first kappa shape index (κ1) is 25.1. The molecule has 0 aliphatic heterocycles. The highest BCUT2D eigenvalue weighted by molar-refractivity contribution is 6.42. The number of primary amides is 1. The Hall–Kier alpha value is -2.58. The Balaban J connectivity index is 1.38. The lowest BCUT2D eigenvalue weighted by molar-refractivity contribution is 0.0885. The summed E-state index contributed by atoms with van der Waals surface area (Å²) in [5.74, 6) is 0.227. The molecule has 2 aromatic carbocycles. The van der Waals surface area contributed by atoms with Crippen LogP contribution in [0.3, 0.4) is 0 Å². The van der Waals surface area contributed by atoms with Crippen molar-refractivity contribution < 1.29 is 19.4 Å². The third-order valence-electron chi connectivity index (χ3n) is 5.00. The van der Waals surface area contributed by atoms with Crippen LogP contribution in [0, 0.1) is 0 Å². The second kappa shape index (κ2) is 12.6. The van der Waals surface area contributed by atoms with Crippen molar-refractivity contribution in [1.29, 1.82) is 0 Å². The van der Waals surface area contributed by atoms with Gasteiger partial charge in [-0.1, -0.05) is 47.5 Å². The average molecular weight is 492 g/mol. The van der Waals surface area contributed by atoms with Crippen LogP contribution in [-0.2, 0) is 24.3 Å². The zero-order chi connectivity index (χ0) is 23.6. The van der Waals surface area contributed by atoms with Crippen molar-refractivity contribution in [3.8, 4) is 5.75 Å². The maximum absolute atomic E-state index is 11.1. The largest absolute Gasteiger partial charge is 0.491 e. The van der Waals surface area contributed by atoms with Crippen LogP contribution in [0.25, 0.3) is 0 Å². The molecule has 0 bridgehead atoms. The molecule has 3 rings (SSSR count). The number of hydrogen-bond donors (Lipinski definition) is 2. The summed E-state index contributed by atoms with van der Waals surface area (Å²) >= 11 is 11.9. The fourth-order valence-corrected chi connectivity index (χ4v) is 3.65. The number of carbonyl (C=O) groups is 1. The first-order valence-electron chi connectivity index (χ1n) is 10.6. The van der Waals surface area contributed by atoms with E-state index in [1.54, 1.807) is 16.7 Å². The number of aryl methyl sites for hydroxylation is 1. The zero-order valence-corrected chi connectivity index (χ0v) is 19.6. The number of para-hydroxylation sites is 1. The number of aliphatic hydroxyl groups excluding tert-OH is 1. The highest BCUT2D eigenvalue weighted by Gasteiger charge is 2.10. The first-order chi connectivity index (χ1) is 15.9. The van der Waals surface area contributed by atoms with Gasteiger partial charge in [-0.2, -0.15) is 0 Å². The van der Waals surface area contributed by atoms with E-state index in [4.69, 9.17) is 38.4 Å². The molecule has 9 heteroatoms. The highest BCUT2D eigenvalue weighted by atomic mass is 35.5. The normalized spacial score (nSPS) is 12.0. The van der Waals surface area contributed by atoms with Gasteiger partial charge >= 0.3 is 0 Å². The topological polar surface area (TPSA) is 99.6 Å². The van der Waals surface area contributed by atoms with E-state index < -0.39 is 12.0 Å². The van der Waals surface area contributed by atoms with E-state index in [2.05, 4.69) is 4.98 Å². The van der Waals surface area contributed by atoms with Gasteiger partial charge in [0.05, 0.1) is 35.7 Å². The average Bonchev–Trinajstić information content (AvgIpc) is 3.25. The van der Waals surface area contributed by atoms with Crippen LogP contribution in [0.4, 0.5) is 0 Å². The summed E-state index contributed by atoms with van der Waals surface area (Å²) in [5.41, 5.74) is 7.41. The zero-order valence-electron chi connectivity index (χ0n) is 18.1. The number of benzene rings is 2. The lowest BCUT2D eigenvalue weighted by atomic mass is 10.0. The molecule has 3 N–H and O–H groups in total. The number of aromatic nitrogens is 2. The van der Waals surface area contributed by atoms with Crippen molar-refractivity contribution in [3.63, 3.8) is 0 Å². The first-order valence-corrected chi connectivity index (χ1v) is 11.4. The summed E-state index contributed by atoms with van der Waals surface area (Å²) < 4.78 is 13.2. The number of amides is 1. The third kappa shape index (κ3) is 8.05. The van der Waals surface area contributed by atoms with Crippen molar-refractivity contribution >= 4 is 29.1 Å². The van der Waals surface area contributed by atoms with Gasteiger partial charge in [-0.3, -0.25) is 4.79 Å². The minimum Gasteiger partial charge on any atom is -0.491 e. The second-order valence-electron chi connectivity index (χ2n) is 7.62. The minimum absolute atomic E-state index is 0.189. The van der Waals surface area contributed by atoms with Gasteiger partial charge in [0.15, 0.2) is 0 Å². The van der Waals surface area contributed by atoms with Gasteiger partial charge in [-0.05, 0) is 48.6 Å². The molecule has 0 aliphatic carbocycles. The fourth-order valence-electron chi connectivity index (χ4n) is 3.33. The van der Waals surface area contributed by atoms with E-state index in [9.17, 15) is 9.90 Å². The molecular weight excluding hydrogens is 465 g/mol. The Kier molecular flexibility index (Phi) is 9.57. The van der Waals surface area contributed by atoms with Gasteiger partial charge < -0.3 is 24.9 Å². The molecule has 1 atom stereocenters. The molecule has 0 saturated carbocycles. The van der Waals surface area contributed by atoms with Gasteiger partial charge in [-0.25, -0.2) is 4.98 Å². The molecule has 3 aromatic rings. The van der Waals surface area contributed by atoms with Crippen molar-refractivity contribution in [2.24, 2.45) is 5.73 Å². The van der Waals surface area contributed by atoms with Crippen LogP contribution < -0.4 is 10.5 Å². The van der Waals surface area contributed by atoms with E-state index >= 15 is 0 Å². The van der Waals surface area contributed by atoms with Crippen LogP contribution in [0.15, 0.2) is 55.0 Å². The van der Waals surface area contributed by atoms with Crippen LogP contribution >= 0.6 is 23.2 Å². The van der Waals surface area contributed by atoms with Gasteiger partial charge in [0, 0.05) is 12.7 Å². The van der Waals surface area contributed by atoms with Crippen LogP contribution in [0.1, 0.15) is 34.5 Å². The molecule has 1 amide bonds. The van der Waals surface area contributed by atoms with Crippen molar-refractivity contribution in [2.45, 2.75) is 38.5 Å². The number of halogens is 2. The van der Waals surface area contributed by atoms with Gasteiger partial charge in [-0.15, -0.1) is 0 Å². The van der Waals surface area contributed by atoms with Gasteiger partial charge in [0.25, 0.3) is 5.91 Å². The van der Waals surface area contributed by atoms with E-state index in [-0.39, 0.29) is 5.69 Å². The lowest BCUT2D eigenvalue weighted by Crippen LogP contribution is -2.16. The van der Waals surface area contributed by atoms with Crippen molar-refractivity contribution in [3.05, 3.63) is 81.9 Å². The summed E-state index contributed by atoms with van der Waals surface area (Å²) in [6.45, 7) is 1.64. The number of aliphatic hydroxyl groups is 1. The molecule has 0 fully saturated rings. The predicted octanol–water partition coefficient (Wildman–Crippen LogP) is 4.27. The molecule has 1 heterocycles. The Bertz CT molecular complexity index is 1060. The van der Waals surface area contributed by atoms with E-state index in [0.29, 0.717) is 42.8 Å². The van der Waals surface area contributed by atoms with Gasteiger partial charge in [0.1, 0.15) is 18.1 Å². The number of ether oxygens (including phenoxy) is 2. The third-order valence-corrected chi connectivity index (χ3v) is 5.74. The molecule has 0 saturated heterocycles. The standard InChI is InChI=1S/C24H27Cl2N3O4/c25-20-9-8-17(12-21(20)26)15-32-10-11-33-23-7-2-1-4-18(23)5-3-6-19(30)13-29-14-22(24(27)31)28-16-29/h1-2,4,7-9,12,14,16,19,30H,3,5-6,10-11,13,15H2,(H2,27,31)/t19-/m0/s1. The summed E-state index contributed by atoms with van der Waals surface area (Å²) in [4.78, 5) is 15.0. The van der Waals surface area contributed by atoms with E-state index in [1.807, 2.05) is 30.3 Å². The number of hydrogen-bond acceptors (Lipinski definition) is 5. The fraction of sp³-hybridized carbons (Fsp3) is 0.333. The number of nitrogens with zero attached hydrogens (tertiary/aromatic N) is 2. The van der Waals surface area contributed by atoms with E-state index in [0.717, 1.165) is 29.7 Å². The molecular formula is C24H27Cl2N3O4. The molecule has 0 aliphatic rings. The quantitative estimate of drug-likeness (QED) is 0.347. The lowest BCUT2D eigenvalue weighted by Gasteiger charge is -2.14. The number of rotatable bonds is 13. The predicted molar refractivity (Wildman–Crippen MR) is 128 cm³/mol. The Labute approximate surface area is 203 Å².